The van der Waals surface area contributed by atoms with E-state index in [-0.39, 0.29) is 24.9 Å². The minimum Gasteiger partial charge on any atom is -0.302 e. The summed E-state index contributed by atoms with van der Waals surface area (Å²) >= 11 is 3.26. The number of aryl methyl sites for hydroxylation is 1. The Balaban J connectivity index is 1.83. The number of halogens is 3. The van der Waals surface area contributed by atoms with Gasteiger partial charge in [-0.15, -0.1) is 0 Å². The van der Waals surface area contributed by atoms with Crippen LogP contribution in [0.1, 0.15) is 34.1 Å². The predicted octanol–water partition coefficient (Wildman–Crippen LogP) is 1.83. The number of rotatable bonds is 7. The Morgan fingerprint density at radius 2 is 1.91 bits per heavy atom. The molecule has 9 nitrogen and oxygen atoms in total. The van der Waals surface area contributed by atoms with Gasteiger partial charge in [0.2, 0.25) is 0 Å². The van der Waals surface area contributed by atoms with Gasteiger partial charge in [0.05, 0.1) is 0 Å². The summed E-state index contributed by atoms with van der Waals surface area (Å²) in [6, 6.07) is 8.39. The van der Waals surface area contributed by atoms with Gasteiger partial charge in [0.1, 0.15) is 23.7 Å². The third-order valence-corrected chi connectivity index (χ3v) is 5.86. The third-order valence-electron chi connectivity index (χ3n) is 4.76. The maximum atomic E-state index is 14.7. The lowest BCUT2D eigenvalue weighted by Gasteiger charge is -2.27. The number of carbonyl (C=O) groups excluding carboxylic acids is 2. The molecule has 0 saturated carbocycles. The van der Waals surface area contributed by atoms with Gasteiger partial charge in [0, 0.05) is 11.0 Å². The molecule has 2 amide bonds. The van der Waals surface area contributed by atoms with Crippen molar-refractivity contribution in [2.45, 2.75) is 19.0 Å². The van der Waals surface area contributed by atoms with Crippen LogP contribution in [0.25, 0.3) is 0 Å². The number of carbonyl (C=O) groups is 2. The Bertz CT molecular complexity index is 1140. The van der Waals surface area contributed by atoms with Gasteiger partial charge in [0.15, 0.2) is 6.17 Å². The van der Waals surface area contributed by atoms with Crippen molar-refractivity contribution in [1.29, 1.82) is 0 Å². The van der Waals surface area contributed by atoms with Crippen molar-refractivity contribution in [3.8, 4) is 0 Å². The molecule has 0 spiro atoms. The largest absolute Gasteiger partial charge is 0.302 e. The molecule has 32 heavy (non-hydrogen) atoms. The zero-order valence-electron chi connectivity index (χ0n) is 16.5. The highest BCUT2D eigenvalue weighted by Gasteiger charge is 2.43. The van der Waals surface area contributed by atoms with Crippen molar-refractivity contribution in [3.05, 3.63) is 69.2 Å². The second-order valence-electron chi connectivity index (χ2n) is 7.08. The number of nitrogens with two attached hydrogens (primary N) is 1. The molecule has 1 saturated heterocycles. The van der Waals surface area contributed by atoms with E-state index in [1.165, 1.54) is 0 Å². The molecule has 2 aromatic rings. The van der Waals surface area contributed by atoms with Crippen molar-refractivity contribution in [1.82, 2.24) is 14.7 Å². The van der Waals surface area contributed by atoms with Gasteiger partial charge in [-0.3, -0.25) is 14.8 Å². The second-order valence-corrected chi connectivity index (χ2v) is 9.37. The number of hydroxylamine groups is 2. The SMILES string of the molecule is NS(=O)(=O)NCCCc1cc(F)c(C(=O)N2CC(=O)N(O)C2c2cccc(Br)c2)c(F)c1. The molecular formula is C19H19BrF2N4O5S. The van der Waals surface area contributed by atoms with Crippen LogP contribution in [-0.4, -0.2) is 48.5 Å². The van der Waals surface area contributed by atoms with Crippen LogP contribution >= 0.6 is 15.9 Å². The van der Waals surface area contributed by atoms with Gasteiger partial charge in [-0.05, 0) is 48.2 Å². The van der Waals surface area contributed by atoms with Crippen LogP contribution < -0.4 is 9.86 Å². The number of hydrogen-bond acceptors (Lipinski definition) is 5. The first-order valence-corrected chi connectivity index (χ1v) is 11.6. The van der Waals surface area contributed by atoms with E-state index >= 15 is 0 Å². The number of nitrogens with zero attached hydrogens (tertiary/aromatic N) is 2. The van der Waals surface area contributed by atoms with Crippen LogP contribution in [0, 0.1) is 11.6 Å². The van der Waals surface area contributed by atoms with Crippen LogP contribution in [0.5, 0.6) is 0 Å². The van der Waals surface area contributed by atoms with Crippen LogP contribution in [0.3, 0.4) is 0 Å². The molecule has 0 aliphatic carbocycles. The van der Waals surface area contributed by atoms with Crippen LogP contribution in [-0.2, 0) is 21.4 Å². The molecule has 2 aromatic carbocycles. The summed E-state index contributed by atoms with van der Waals surface area (Å²) in [4.78, 5) is 25.9. The van der Waals surface area contributed by atoms with Crippen molar-refractivity contribution in [2.24, 2.45) is 5.14 Å². The minimum atomic E-state index is -3.87. The van der Waals surface area contributed by atoms with Gasteiger partial charge in [-0.2, -0.15) is 13.5 Å². The molecule has 172 valence electrons. The molecule has 0 aromatic heterocycles. The van der Waals surface area contributed by atoms with E-state index in [4.69, 9.17) is 5.14 Å². The van der Waals surface area contributed by atoms with Gasteiger partial charge in [-0.1, -0.05) is 28.1 Å². The Morgan fingerprint density at radius 3 is 2.50 bits per heavy atom. The molecule has 13 heteroatoms. The van der Waals surface area contributed by atoms with Crippen LogP contribution in [0.15, 0.2) is 40.9 Å². The highest BCUT2D eigenvalue weighted by atomic mass is 79.9. The van der Waals surface area contributed by atoms with Gasteiger partial charge in [0.25, 0.3) is 22.0 Å². The topological polar surface area (TPSA) is 133 Å². The molecule has 1 fully saturated rings. The average molecular weight is 533 g/mol. The maximum Gasteiger partial charge on any atom is 0.274 e. The van der Waals surface area contributed by atoms with E-state index < -0.39 is 51.9 Å². The number of benzene rings is 2. The van der Waals surface area contributed by atoms with Gasteiger partial charge in [-0.25, -0.2) is 18.6 Å². The fraction of sp³-hybridized carbons (Fsp3) is 0.263. The summed E-state index contributed by atoms with van der Waals surface area (Å²) in [6.45, 7) is -0.592. The van der Waals surface area contributed by atoms with E-state index in [2.05, 4.69) is 20.7 Å². The monoisotopic (exact) mass is 532 g/mol. The highest BCUT2D eigenvalue weighted by molar-refractivity contribution is 9.10. The Hall–Kier alpha value is -2.45. The lowest BCUT2D eigenvalue weighted by Crippen LogP contribution is -2.35. The second kappa shape index (κ2) is 9.58. The zero-order valence-corrected chi connectivity index (χ0v) is 18.9. The molecule has 0 radical (unpaired) electrons. The standard InChI is InChI=1S/C19H19BrF2N4O5S/c20-13-5-1-4-12(9-13)18-25(10-16(27)26(18)29)19(28)17-14(21)7-11(8-15(17)22)3-2-6-24-32(23,30)31/h1,4-5,7-9,18,24,29H,2-3,6,10H2,(H2,23,30,31). The molecule has 4 N–H and O–H groups in total. The van der Waals surface area contributed by atoms with Crippen molar-refractivity contribution < 1.29 is 32.0 Å². The summed E-state index contributed by atoms with van der Waals surface area (Å²) in [6.07, 6.45) is -0.915. The third kappa shape index (κ3) is 5.48. The highest BCUT2D eigenvalue weighted by Crippen LogP contribution is 2.33. The lowest BCUT2D eigenvalue weighted by molar-refractivity contribution is -0.168. The van der Waals surface area contributed by atoms with Crippen molar-refractivity contribution in [2.75, 3.05) is 13.1 Å². The Morgan fingerprint density at radius 1 is 1.25 bits per heavy atom. The lowest BCUT2D eigenvalue weighted by atomic mass is 10.0. The molecule has 1 aliphatic rings. The van der Waals surface area contributed by atoms with E-state index in [1.807, 2.05) is 0 Å². The molecule has 3 rings (SSSR count). The predicted molar refractivity (Wildman–Crippen MR) is 112 cm³/mol. The van der Waals surface area contributed by atoms with E-state index in [9.17, 15) is 32.0 Å². The summed E-state index contributed by atoms with van der Waals surface area (Å²) in [5, 5.41) is 15.3. The van der Waals surface area contributed by atoms with Crippen molar-refractivity contribution in [3.63, 3.8) is 0 Å². The number of nitrogens with one attached hydrogen (secondary N) is 1. The molecule has 1 atom stereocenters. The van der Waals surface area contributed by atoms with Crippen molar-refractivity contribution >= 4 is 38.0 Å². The summed E-state index contributed by atoms with van der Waals surface area (Å²) in [5.74, 6) is -4.18. The zero-order chi connectivity index (χ0) is 23.6. The molecule has 1 aliphatic heterocycles. The first-order valence-electron chi connectivity index (χ1n) is 9.30. The normalized spacial score (nSPS) is 16.7. The van der Waals surface area contributed by atoms with Gasteiger partial charge < -0.3 is 4.90 Å². The fourth-order valence-corrected chi connectivity index (χ4v) is 4.21. The average Bonchev–Trinajstić information content (AvgIpc) is 2.99. The molecule has 0 bridgehead atoms. The molecular weight excluding hydrogens is 514 g/mol. The van der Waals surface area contributed by atoms with E-state index in [0.29, 0.717) is 15.1 Å². The minimum absolute atomic E-state index is 0.0285. The Kier molecular flexibility index (Phi) is 7.25. The van der Waals surface area contributed by atoms with E-state index in [1.54, 1.807) is 24.3 Å². The summed E-state index contributed by atoms with van der Waals surface area (Å²) in [7, 11) is -3.87. The Labute approximate surface area is 191 Å². The number of amides is 2. The quantitative estimate of drug-likeness (QED) is 0.369. The molecule has 1 unspecified atom stereocenters. The van der Waals surface area contributed by atoms with Crippen LogP contribution in [0.4, 0.5) is 8.78 Å². The smallest absolute Gasteiger partial charge is 0.274 e. The van der Waals surface area contributed by atoms with Crippen LogP contribution in [0.2, 0.25) is 0 Å². The first-order chi connectivity index (χ1) is 15.0. The summed E-state index contributed by atoms with van der Waals surface area (Å²) < 4.78 is 53.8. The fourth-order valence-electron chi connectivity index (χ4n) is 3.37. The summed E-state index contributed by atoms with van der Waals surface area (Å²) in [5.41, 5.74) is -0.294. The van der Waals surface area contributed by atoms with E-state index in [0.717, 1.165) is 17.0 Å². The number of hydrogen-bond donors (Lipinski definition) is 3. The first kappa shape index (κ1) is 24.2. The maximum absolute atomic E-state index is 14.7. The van der Waals surface area contributed by atoms with Gasteiger partial charge >= 0.3 is 0 Å². The molecule has 1 heterocycles.